The van der Waals surface area contributed by atoms with Crippen LogP contribution >= 0.6 is 0 Å². The summed E-state index contributed by atoms with van der Waals surface area (Å²) in [6, 6.07) is 0. The molecule has 0 radical (unpaired) electrons. The lowest BCUT2D eigenvalue weighted by Crippen LogP contribution is -2.34. The lowest BCUT2D eigenvalue weighted by molar-refractivity contribution is -0.0922. The van der Waals surface area contributed by atoms with Crippen molar-refractivity contribution in [3.05, 3.63) is 0 Å². The van der Waals surface area contributed by atoms with Gasteiger partial charge in [0.25, 0.3) is 6.43 Å². The van der Waals surface area contributed by atoms with E-state index in [-0.39, 0.29) is 11.8 Å². The summed E-state index contributed by atoms with van der Waals surface area (Å²) in [7, 11) is 0. The second kappa shape index (κ2) is 3.69. The van der Waals surface area contributed by atoms with Gasteiger partial charge in [-0.1, -0.05) is 20.8 Å². The van der Waals surface area contributed by atoms with Crippen molar-refractivity contribution in [2.75, 3.05) is 0 Å². The molecule has 0 fully saturated rings. The fourth-order valence-electron chi connectivity index (χ4n) is 0.737. The van der Waals surface area contributed by atoms with Crippen molar-refractivity contribution in [3.8, 4) is 0 Å². The Morgan fingerprint density at radius 3 is 1.75 bits per heavy atom. The zero-order valence-corrected chi connectivity index (χ0v) is 8.19. The molecular formula is C9H18F2O. The lowest BCUT2D eigenvalue weighted by atomic mass is 9.85. The Morgan fingerprint density at radius 1 is 1.08 bits per heavy atom. The van der Waals surface area contributed by atoms with Crippen molar-refractivity contribution in [2.45, 2.75) is 52.6 Å². The second-order valence-electron chi connectivity index (χ2n) is 4.72. The minimum Gasteiger partial charge on any atom is -0.384 e. The van der Waals surface area contributed by atoms with E-state index in [4.69, 9.17) is 0 Å². The van der Waals surface area contributed by atoms with Gasteiger partial charge in [-0.25, -0.2) is 8.78 Å². The maximum absolute atomic E-state index is 12.1. The van der Waals surface area contributed by atoms with E-state index in [0.717, 1.165) is 0 Å². The smallest absolute Gasteiger partial charge is 0.266 e. The molecule has 0 unspecified atom stereocenters. The Hall–Kier alpha value is -0.180. The number of halogens is 2. The third kappa shape index (κ3) is 4.65. The van der Waals surface area contributed by atoms with Crippen molar-refractivity contribution in [2.24, 2.45) is 5.41 Å². The van der Waals surface area contributed by atoms with Gasteiger partial charge < -0.3 is 5.11 Å². The lowest BCUT2D eigenvalue weighted by Gasteiger charge is -2.26. The molecule has 0 aromatic carbocycles. The Labute approximate surface area is 72.8 Å². The van der Waals surface area contributed by atoms with Crippen molar-refractivity contribution < 1.29 is 13.9 Å². The molecule has 12 heavy (non-hydrogen) atoms. The van der Waals surface area contributed by atoms with Gasteiger partial charge in [-0.2, -0.15) is 0 Å². The van der Waals surface area contributed by atoms with E-state index in [1.165, 1.54) is 6.92 Å². The molecule has 0 bridgehead atoms. The third-order valence-corrected chi connectivity index (χ3v) is 1.85. The second-order valence-corrected chi connectivity index (χ2v) is 4.72. The van der Waals surface area contributed by atoms with Gasteiger partial charge >= 0.3 is 0 Å². The highest BCUT2D eigenvalue weighted by molar-refractivity contribution is 4.78. The Bertz CT molecular complexity index is 136. The molecule has 0 aromatic rings. The number of aliphatic hydroxyl groups is 1. The Morgan fingerprint density at radius 2 is 1.50 bits per heavy atom. The summed E-state index contributed by atoms with van der Waals surface area (Å²) >= 11 is 0. The molecule has 0 saturated heterocycles. The molecule has 74 valence electrons. The van der Waals surface area contributed by atoms with E-state index >= 15 is 0 Å². The fraction of sp³-hybridized carbons (Fsp3) is 1.00. The average molecular weight is 180 g/mol. The van der Waals surface area contributed by atoms with Crippen LogP contribution < -0.4 is 0 Å². The first-order valence-electron chi connectivity index (χ1n) is 4.16. The van der Waals surface area contributed by atoms with Crippen molar-refractivity contribution in [1.29, 1.82) is 0 Å². The summed E-state index contributed by atoms with van der Waals surface area (Å²) in [5.74, 6) is 0. The molecule has 1 N–H and O–H groups in total. The predicted molar refractivity (Wildman–Crippen MR) is 45.3 cm³/mol. The van der Waals surface area contributed by atoms with Crippen LogP contribution in [0.3, 0.4) is 0 Å². The zero-order valence-electron chi connectivity index (χ0n) is 8.19. The molecule has 0 heterocycles. The predicted octanol–water partition coefficient (Wildman–Crippen LogP) is 2.83. The fourth-order valence-corrected chi connectivity index (χ4v) is 0.737. The van der Waals surface area contributed by atoms with Crippen LogP contribution in [0.5, 0.6) is 0 Å². The van der Waals surface area contributed by atoms with Gasteiger partial charge in [-0.15, -0.1) is 0 Å². The highest BCUT2D eigenvalue weighted by atomic mass is 19.3. The van der Waals surface area contributed by atoms with Crippen LogP contribution in [0.25, 0.3) is 0 Å². The highest BCUT2D eigenvalue weighted by Crippen LogP contribution is 2.28. The largest absolute Gasteiger partial charge is 0.384 e. The standard InChI is InChI=1S/C9H18F2O/c1-8(2,3)5-6-9(4,12)7(10)11/h7,12H,5-6H2,1-4H3/t9-/m0/s1. The minimum atomic E-state index is -2.65. The molecule has 0 rings (SSSR count). The van der Waals surface area contributed by atoms with Gasteiger partial charge in [-0.3, -0.25) is 0 Å². The molecule has 1 nitrogen and oxygen atoms in total. The summed E-state index contributed by atoms with van der Waals surface area (Å²) in [6.07, 6.45) is -1.90. The van der Waals surface area contributed by atoms with Gasteiger partial charge in [0.2, 0.25) is 0 Å². The molecule has 0 aliphatic rings. The van der Waals surface area contributed by atoms with Crippen LogP contribution in [0, 0.1) is 5.41 Å². The van der Waals surface area contributed by atoms with Crippen molar-refractivity contribution >= 4 is 0 Å². The molecule has 1 atom stereocenters. The molecule has 0 aliphatic heterocycles. The summed E-state index contributed by atoms with van der Waals surface area (Å²) in [5.41, 5.74) is -1.83. The molecule has 0 aliphatic carbocycles. The van der Waals surface area contributed by atoms with Gasteiger partial charge in [0.15, 0.2) is 0 Å². The van der Waals surface area contributed by atoms with E-state index in [2.05, 4.69) is 0 Å². The molecule has 0 spiro atoms. The monoisotopic (exact) mass is 180 g/mol. The van der Waals surface area contributed by atoms with Crippen LogP contribution in [0.2, 0.25) is 0 Å². The number of alkyl halides is 2. The summed E-state index contributed by atoms with van der Waals surface area (Å²) < 4.78 is 24.3. The maximum atomic E-state index is 12.1. The SMILES string of the molecule is CC(C)(C)CC[C@](C)(O)C(F)F. The van der Waals surface area contributed by atoms with Crippen LogP contribution in [-0.2, 0) is 0 Å². The van der Waals surface area contributed by atoms with Crippen molar-refractivity contribution in [3.63, 3.8) is 0 Å². The van der Waals surface area contributed by atoms with Gasteiger partial charge in [0.05, 0.1) is 0 Å². The topological polar surface area (TPSA) is 20.2 Å². The highest BCUT2D eigenvalue weighted by Gasteiger charge is 2.32. The van der Waals surface area contributed by atoms with Gasteiger partial charge in [-0.05, 0) is 25.2 Å². The molecule has 0 amide bonds. The first-order chi connectivity index (χ1) is 5.15. The maximum Gasteiger partial charge on any atom is 0.266 e. The molecular weight excluding hydrogens is 162 g/mol. The number of hydrogen-bond donors (Lipinski definition) is 1. The minimum absolute atomic E-state index is 0.00111. The first-order valence-corrected chi connectivity index (χ1v) is 4.16. The molecule has 0 saturated carbocycles. The zero-order chi connectivity index (χ0) is 9.99. The van der Waals surface area contributed by atoms with Crippen LogP contribution in [0.4, 0.5) is 8.78 Å². The third-order valence-electron chi connectivity index (χ3n) is 1.85. The Kier molecular flexibility index (Phi) is 3.63. The normalized spacial score (nSPS) is 18.0. The van der Waals surface area contributed by atoms with Crippen LogP contribution in [0.15, 0.2) is 0 Å². The molecule has 0 aromatic heterocycles. The summed E-state index contributed by atoms with van der Waals surface area (Å²) in [6.45, 7) is 7.08. The van der Waals surface area contributed by atoms with E-state index in [1.807, 2.05) is 20.8 Å². The van der Waals surface area contributed by atoms with Crippen LogP contribution in [0.1, 0.15) is 40.5 Å². The first kappa shape index (κ1) is 11.8. The van der Waals surface area contributed by atoms with Gasteiger partial charge in [0, 0.05) is 0 Å². The average Bonchev–Trinajstić information content (AvgIpc) is 1.82. The number of hydrogen-bond acceptors (Lipinski definition) is 1. The van der Waals surface area contributed by atoms with Crippen LogP contribution in [-0.4, -0.2) is 17.1 Å². The number of rotatable bonds is 3. The summed E-state index contributed by atoms with van der Waals surface area (Å²) in [4.78, 5) is 0. The molecule has 3 heteroatoms. The van der Waals surface area contributed by atoms with E-state index in [0.29, 0.717) is 6.42 Å². The van der Waals surface area contributed by atoms with Gasteiger partial charge in [0.1, 0.15) is 5.60 Å². The van der Waals surface area contributed by atoms with E-state index in [1.54, 1.807) is 0 Å². The quantitative estimate of drug-likeness (QED) is 0.708. The van der Waals surface area contributed by atoms with E-state index in [9.17, 15) is 13.9 Å². The van der Waals surface area contributed by atoms with E-state index < -0.39 is 12.0 Å². The Balaban J connectivity index is 3.93. The van der Waals surface area contributed by atoms with Crippen molar-refractivity contribution in [1.82, 2.24) is 0 Å². The summed E-state index contributed by atoms with van der Waals surface area (Å²) in [5, 5.41) is 9.21.